The lowest BCUT2D eigenvalue weighted by Gasteiger charge is -2.36. The van der Waals surface area contributed by atoms with E-state index in [1.807, 2.05) is 54.3 Å². The molecule has 0 aromatic heterocycles. The number of aliphatic imine (C=N–C) groups is 1. The Hall–Kier alpha value is -3.51. The predicted octanol–water partition coefficient (Wildman–Crippen LogP) is 5.06. The minimum absolute atomic E-state index is 0.00593. The topological polar surface area (TPSA) is 54.4 Å². The quantitative estimate of drug-likeness (QED) is 0.547. The van der Waals surface area contributed by atoms with Crippen LogP contribution < -0.4 is 9.47 Å². The third-order valence-corrected chi connectivity index (χ3v) is 6.05. The zero-order chi connectivity index (χ0) is 22.8. The average Bonchev–Trinajstić information content (AvgIpc) is 3.00. The van der Waals surface area contributed by atoms with Crippen LogP contribution in [-0.2, 0) is 4.79 Å². The van der Waals surface area contributed by atoms with Gasteiger partial charge in [-0.1, -0.05) is 29.8 Å². The molecule has 5 rings (SSSR count). The van der Waals surface area contributed by atoms with Gasteiger partial charge in [0.1, 0.15) is 23.0 Å². The van der Waals surface area contributed by atoms with Crippen LogP contribution in [0.25, 0.3) is 0 Å². The molecule has 33 heavy (non-hydrogen) atoms. The summed E-state index contributed by atoms with van der Waals surface area (Å²) in [4.78, 5) is 21.7. The molecule has 2 aliphatic heterocycles. The van der Waals surface area contributed by atoms with E-state index in [0.717, 1.165) is 34.1 Å². The molecule has 0 bridgehead atoms. The second-order valence-electron chi connectivity index (χ2n) is 8.12. The molecular formula is C26H24ClN3O3. The van der Waals surface area contributed by atoms with Crippen molar-refractivity contribution in [2.24, 2.45) is 4.99 Å². The Morgan fingerprint density at radius 2 is 1.76 bits per heavy atom. The summed E-state index contributed by atoms with van der Waals surface area (Å²) in [6.07, 6.45) is 0. The third-order valence-electron chi connectivity index (χ3n) is 5.80. The summed E-state index contributed by atoms with van der Waals surface area (Å²) in [6.45, 7) is 4.61. The van der Waals surface area contributed by atoms with Gasteiger partial charge in [0.25, 0.3) is 5.91 Å². The molecule has 2 heterocycles. The minimum atomic E-state index is -0.0306. The summed E-state index contributed by atoms with van der Waals surface area (Å²) in [5, 5.41) is 0.635. The Kier molecular flexibility index (Phi) is 5.92. The van der Waals surface area contributed by atoms with Gasteiger partial charge >= 0.3 is 0 Å². The van der Waals surface area contributed by atoms with Crippen LogP contribution in [0, 0.1) is 6.92 Å². The first kappa shape index (κ1) is 21.3. The Morgan fingerprint density at radius 3 is 2.55 bits per heavy atom. The molecule has 3 aromatic rings. The highest BCUT2D eigenvalue weighted by Gasteiger charge is 2.27. The summed E-state index contributed by atoms with van der Waals surface area (Å²) in [5.74, 6) is 3.01. The van der Waals surface area contributed by atoms with Crippen LogP contribution in [-0.4, -0.2) is 54.3 Å². The van der Waals surface area contributed by atoms with Crippen LogP contribution in [0.2, 0.25) is 5.02 Å². The van der Waals surface area contributed by atoms with Gasteiger partial charge in [-0.2, -0.15) is 0 Å². The molecule has 7 heteroatoms. The number of aryl methyl sites for hydroxylation is 1. The maximum Gasteiger partial charge on any atom is 0.260 e. The lowest BCUT2D eigenvalue weighted by Crippen LogP contribution is -2.51. The molecule has 2 aliphatic rings. The minimum Gasteiger partial charge on any atom is -0.484 e. The lowest BCUT2D eigenvalue weighted by atomic mass is 10.1. The number of hydrogen-bond donors (Lipinski definition) is 0. The molecule has 3 aromatic carbocycles. The molecule has 168 valence electrons. The highest BCUT2D eigenvalue weighted by atomic mass is 35.5. The summed E-state index contributed by atoms with van der Waals surface area (Å²) in [6, 6.07) is 21.0. The van der Waals surface area contributed by atoms with Crippen molar-refractivity contribution in [1.29, 1.82) is 0 Å². The number of ether oxygens (including phenoxy) is 2. The third kappa shape index (κ3) is 4.66. The van der Waals surface area contributed by atoms with Crippen molar-refractivity contribution < 1.29 is 14.3 Å². The maximum atomic E-state index is 12.7. The number of para-hydroxylation sites is 1. The van der Waals surface area contributed by atoms with E-state index in [0.29, 0.717) is 37.0 Å². The van der Waals surface area contributed by atoms with Gasteiger partial charge in [0.2, 0.25) is 0 Å². The number of carbonyl (C=O) groups excluding carboxylic acids is 1. The van der Waals surface area contributed by atoms with E-state index in [2.05, 4.69) is 4.90 Å². The average molecular weight is 462 g/mol. The Balaban J connectivity index is 1.29. The monoisotopic (exact) mass is 461 g/mol. The molecule has 0 spiro atoms. The second kappa shape index (κ2) is 9.16. The fourth-order valence-electron chi connectivity index (χ4n) is 4.00. The molecule has 1 saturated heterocycles. The van der Waals surface area contributed by atoms with Gasteiger partial charge in [0, 0.05) is 31.2 Å². The molecule has 0 saturated carbocycles. The number of rotatable bonds is 3. The van der Waals surface area contributed by atoms with Gasteiger partial charge in [-0.3, -0.25) is 4.79 Å². The van der Waals surface area contributed by atoms with Gasteiger partial charge in [0.05, 0.1) is 5.56 Å². The number of piperazine rings is 1. The van der Waals surface area contributed by atoms with E-state index in [-0.39, 0.29) is 12.5 Å². The van der Waals surface area contributed by atoms with Gasteiger partial charge in [-0.15, -0.1) is 0 Å². The number of benzene rings is 3. The number of halogens is 1. The summed E-state index contributed by atoms with van der Waals surface area (Å²) < 4.78 is 11.8. The largest absolute Gasteiger partial charge is 0.484 e. The van der Waals surface area contributed by atoms with Crippen molar-refractivity contribution in [2.45, 2.75) is 6.92 Å². The van der Waals surface area contributed by atoms with E-state index < -0.39 is 0 Å². The van der Waals surface area contributed by atoms with Crippen molar-refractivity contribution in [3.8, 4) is 17.2 Å². The Morgan fingerprint density at radius 1 is 1.00 bits per heavy atom. The number of amidine groups is 1. The first-order valence-corrected chi connectivity index (χ1v) is 11.3. The smallest absolute Gasteiger partial charge is 0.260 e. The number of nitrogens with zero attached hydrogens (tertiary/aromatic N) is 3. The summed E-state index contributed by atoms with van der Waals surface area (Å²) in [5.41, 5.74) is 2.89. The van der Waals surface area contributed by atoms with Gasteiger partial charge in [-0.25, -0.2) is 4.99 Å². The van der Waals surface area contributed by atoms with Crippen LogP contribution >= 0.6 is 11.6 Å². The van der Waals surface area contributed by atoms with Crippen LogP contribution in [0.15, 0.2) is 71.7 Å². The van der Waals surface area contributed by atoms with Crippen LogP contribution in [0.1, 0.15) is 11.1 Å². The standard InChI is InChI=1S/C26H24ClN3O3/c1-18-6-11-22-24(16-18)33-23-5-3-2-4-21(23)26(28-22)30-14-12-29(13-15-30)25(31)17-32-20-9-7-19(27)8-10-20/h2-11,16H,12-15,17H2,1H3. The number of carbonyl (C=O) groups is 1. The molecule has 0 atom stereocenters. The van der Waals surface area contributed by atoms with Crippen molar-refractivity contribution in [3.05, 3.63) is 82.9 Å². The van der Waals surface area contributed by atoms with Crippen LogP contribution in [0.4, 0.5) is 5.69 Å². The normalized spacial score (nSPS) is 15.0. The lowest BCUT2D eigenvalue weighted by molar-refractivity contribution is -0.134. The zero-order valence-electron chi connectivity index (χ0n) is 18.3. The fraction of sp³-hybridized carbons (Fsp3) is 0.231. The number of fused-ring (bicyclic) bond motifs is 2. The van der Waals surface area contributed by atoms with Crippen molar-refractivity contribution in [2.75, 3.05) is 32.8 Å². The summed E-state index contributed by atoms with van der Waals surface area (Å²) >= 11 is 5.90. The fourth-order valence-corrected chi connectivity index (χ4v) is 4.13. The predicted molar refractivity (Wildman–Crippen MR) is 129 cm³/mol. The van der Waals surface area contributed by atoms with Crippen molar-refractivity contribution in [1.82, 2.24) is 9.80 Å². The van der Waals surface area contributed by atoms with E-state index in [1.54, 1.807) is 24.3 Å². The van der Waals surface area contributed by atoms with Gasteiger partial charge < -0.3 is 19.3 Å². The maximum absolute atomic E-state index is 12.7. The van der Waals surface area contributed by atoms with E-state index in [9.17, 15) is 4.79 Å². The highest BCUT2D eigenvalue weighted by molar-refractivity contribution is 6.30. The molecule has 1 amide bonds. The molecule has 6 nitrogen and oxygen atoms in total. The molecule has 1 fully saturated rings. The number of amides is 1. The van der Waals surface area contributed by atoms with E-state index in [1.165, 1.54) is 0 Å². The van der Waals surface area contributed by atoms with Crippen molar-refractivity contribution >= 4 is 29.0 Å². The first-order valence-electron chi connectivity index (χ1n) is 10.9. The molecule has 0 unspecified atom stereocenters. The Bertz CT molecular complexity index is 1200. The van der Waals surface area contributed by atoms with Crippen LogP contribution in [0.5, 0.6) is 17.2 Å². The SMILES string of the molecule is Cc1ccc2c(c1)Oc1ccccc1C(N1CCN(C(=O)COc3ccc(Cl)cc3)CC1)=N2. The highest BCUT2D eigenvalue weighted by Crippen LogP contribution is 2.38. The second-order valence-corrected chi connectivity index (χ2v) is 8.55. The zero-order valence-corrected chi connectivity index (χ0v) is 19.1. The number of hydrogen-bond acceptors (Lipinski definition) is 5. The van der Waals surface area contributed by atoms with E-state index >= 15 is 0 Å². The molecule has 0 aliphatic carbocycles. The van der Waals surface area contributed by atoms with Crippen molar-refractivity contribution in [3.63, 3.8) is 0 Å². The molecular weight excluding hydrogens is 438 g/mol. The first-order chi connectivity index (χ1) is 16.1. The molecule has 0 N–H and O–H groups in total. The molecule has 0 radical (unpaired) electrons. The summed E-state index contributed by atoms with van der Waals surface area (Å²) in [7, 11) is 0. The van der Waals surface area contributed by atoms with Gasteiger partial charge in [0.15, 0.2) is 12.4 Å². The van der Waals surface area contributed by atoms with Crippen LogP contribution in [0.3, 0.4) is 0 Å². The Labute approximate surface area is 198 Å². The van der Waals surface area contributed by atoms with Gasteiger partial charge in [-0.05, 0) is 61.0 Å². The van der Waals surface area contributed by atoms with E-state index in [4.69, 9.17) is 26.1 Å².